The predicted molar refractivity (Wildman–Crippen MR) is 123 cm³/mol. The van der Waals surface area contributed by atoms with Crippen molar-refractivity contribution >= 4 is 24.0 Å². The molecular formula is C24H30N4O5. The number of rotatable bonds is 11. The average molecular weight is 455 g/mol. The summed E-state index contributed by atoms with van der Waals surface area (Å²) in [6.45, 7) is 2.73. The van der Waals surface area contributed by atoms with E-state index < -0.39 is 35.3 Å². The molecule has 0 aliphatic rings. The second-order valence-electron chi connectivity index (χ2n) is 8.17. The van der Waals surface area contributed by atoms with Crippen LogP contribution in [0.2, 0.25) is 0 Å². The molecule has 0 aromatic heterocycles. The summed E-state index contributed by atoms with van der Waals surface area (Å²) in [5, 5.41) is 16.9. The molecule has 0 aliphatic heterocycles. The van der Waals surface area contributed by atoms with Crippen molar-refractivity contribution in [3.05, 3.63) is 65.7 Å². The van der Waals surface area contributed by atoms with Gasteiger partial charge in [-0.3, -0.25) is 14.4 Å². The van der Waals surface area contributed by atoms with E-state index in [-0.39, 0.29) is 18.7 Å². The number of aromatic hydroxyl groups is 1. The molecule has 9 nitrogen and oxygen atoms in total. The SMILES string of the molecule is C[C@@H](NC(=O)[C@@H](N)Cc1ccc(O)cc1)C(=O)NCC(=O)N[C@](C)(C=O)Cc1ccccc1. The van der Waals surface area contributed by atoms with Gasteiger partial charge in [-0.25, -0.2) is 0 Å². The molecule has 9 heteroatoms. The molecule has 0 aliphatic carbocycles. The molecule has 0 heterocycles. The molecule has 0 fully saturated rings. The van der Waals surface area contributed by atoms with Crippen molar-refractivity contribution in [3.8, 4) is 5.75 Å². The van der Waals surface area contributed by atoms with Crippen LogP contribution >= 0.6 is 0 Å². The zero-order chi connectivity index (χ0) is 24.4. The van der Waals surface area contributed by atoms with Crippen LogP contribution in [0.3, 0.4) is 0 Å². The van der Waals surface area contributed by atoms with Crippen LogP contribution in [0.1, 0.15) is 25.0 Å². The van der Waals surface area contributed by atoms with Gasteiger partial charge in [0.1, 0.15) is 18.1 Å². The highest BCUT2D eigenvalue weighted by Gasteiger charge is 2.27. The van der Waals surface area contributed by atoms with E-state index in [4.69, 9.17) is 5.73 Å². The predicted octanol–water partition coefficient (Wildman–Crippen LogP) is 0.199. The van der Waals surface area contributed by atoms with Crippen LogP contribution in [0.5, 0.6) is 5.75 Å². The van der Waals surface area contributed by atoms with Gasteiger partial charge in [0, 0.05) is 6.42 Å². The lowest BCUT2D eigenvalue weighted by Gasteiger charge is -2.25. The van der Waals surface area contributed by atoms with Crippen molar-refractivity contribution in [2.24, 2.45) is 5.73 Å². The molecule has 2 aromatic rings. The summed E-state index contributed by atoms with van der Waals surface area (Å²) < 4.78 is 0. The van der Waals surface area contributed by atoms with E-state index in [0.717, 1.165) is 11.1 Å². The van der Waals surface area contributed by atoms with Crippen molar-refractivity contribution < 1.29 is 24.3 Å². The molecular weight excluding hydrogens is 424 g/mol. The molecule has 2 rings (SSSR count). The second kappa shape index (κ2) is 11.8. The number of amides is 3. The monoisotopic (exact) mass is 454 g/mol. The molecule has 33 heavy (non-hydrogen) atoms. The molecule has 176 valence electrons. The van der Waals surface area contributed by atoms with Crippen molar-refractivity contribution in [1.29, 1.82) is 0 Å². The fourth-order valence-electron chi connectivity index (χ4n) is 3.18. The number of hydrogen-bond donors (Lipinski definition) is 5. The number of nitrogens with two attached hydrogens (primary N) is 1. The summed E-state index contributed by atoms with van der Waals surface area (Å²) >= 11 is 0. The molecule has 3 atom stereocenters. The number of benzene rings is 2. The molecule has 0 spiro atoms. The topological polar surface area (TPSA) is 151 Å². The van der Waals surface area contributed by atoms with Crippen molar-refractivity contribution in [3.63, 3.8) is 0 Å². The van der Waals surface area contributed by atoms with E-state index in [9.17, 15) is 24.3 Å². The molecule has 0 saturated heterocycles. The van der Waals surface area contributed by atoms with Crippen molar-refractivity contribution in [2.45, 2.75) is 44.3 Å². The van der Waals surface area contributed by atoms with Gasteiger partial charge in [-0.1, -0.05) is 42.5 Å². The summed E-state index contributed by atoms with van der Waals surface area (Å²) in [4.78, 5) is 48.4. The Bertz CT molecular complexity index is 965. The van der Waals surface area contributed by atoms with Gasteiger partial charge in [0.2, 0.25) is 17.7 Å². The zero-order valence-corrected chi connectivity index (χ0v) is 18.7. The lowest BCUT2D eigenvalue weighted by atomic mass is 9.94. The van der Waals surface area contributed by atoms with E-state index in [1.807, 2.05) is 30.3 Å². The van der Waals surface area contributed by atoms with Gasteiger partial charge in [-0.05, 0) is 43.5 Å². The van der Waals surface area contributed by atoms with Gasteiger partial charge >= 0.3 is 0 Å². The molecule has 0 unspecified atom stereocenters. The van der Waals surface area contributed by atoms with Crippen LogP contribution in [0, 0.1) is 0 Å². The third-order valence-electron chi connectivity index (χ3n) is 5.00. The van der Waals surface area contributed by atoms with Gasteiger partial charge in [0.15, 0.2) is 0 Å². The fraction of sp³-hybridized carbons (Fsp3) is 0.333. The number of phenols is 1. The zero-order valence-electron chi connectivity index (χ0n) is 18.7. The molecule has 0 radical (unpaired) electrons. The van der Waals surface area contributed by atoms with Crippen LogP contribution in [-0.4, -0.2) is 53.3 Å². The Kier molecular flexibility index (Phi) is 9.11. The van der Waals surface area contributed by atoms with E-state index in [2.05, 4.69) is 16.0 Å². The normalized spacial score (nSPS) is 14.3. The Hall–Kier alpha value is -3.72. The van der Waals surface area contributed by atoms with Crippen molar-refractivity contribution in [2.75, 3.05) is 6.54 Å². The lowest BCUT2D eigenvalue weighted by molar-refractivity contribution is -0.131. The van der Waals surface area contributed by atoms with Gasteiger partial charge in [0.25, 0.3) is 0 Å². The molecule has 0 bridgehead atoms. The number of carbonyl (C=O) groups excluding carboxylic acids is 4. The summed E-state index contributed by atoms with van der Waals surface area (Å²) in [5.41, 5.74) is 6.43. The highest BCUT2D eigenvalue weighted by atomic mass is 16.3. The van der Waals surface area contributed by atoms with E-state index in [1.165, 1.54) is 19.1 Å². The highest BCUT2D eigenvalue weighted by Crippen LogP contribution is 2.12. The van der Waals surface area contributed by atoms with Crippen LogP contribution in [0.4, 0.5) is 0 Å². The maximum atomic E-state index is 12.3. The Morgan fingerprint density at radius 1 is 1.03 bits per heavy atom. The first-order valence-electron chi connectivity index (χ1n) is 10.5. The minimum atomic E-state index is -1.12. The highest BCUT2D eigenvalue weighted by molar-refractivity contribution is 5.92. The first-order chi connectivity index (χ1) is 15.6. The number of nitrogens with one attached hydrogen (secondary N) is 3. The first-order valence-corrected chi connectivity index (χ1v) is 10.5. The van der Waals surface area contributed by atoms with Crippen LogP contribution in [-0.2, 0) is 32.0 Å². The third-order valence-corrected chi connectivity index (χ3v) is 5.00. The standard InChI is InChI=1S/C24H30N4O5/c1-16(27-23(33)20(25)12-17-8-10-19(30)11-9-17)22(32)26-14-21(31)28-24(2,15-29)13-18-6-4-3-5-7-18/h3-11,15-16,20,30H,12-14,25H2,1-2H3,(H,26,32)(H,27,33)(H,28,31)/t16-,20+,24+/m1/s1. The summed E-state index contributed by atoms with van der Waals surface area (Å²) in [5.74, 6) is -1.51. The van der Waals surface area contributed by atoms with Gasteiger partial charge in [-0.2, -0.15) is 0 Å². The summed E-state index contributed by atoms with van der Waals surface area (Å²) in [6.07, 6.45) is 1.20. The summed E-state index contributed by atoms with van der Waals surface area (Å²) in [7, 11) is 0. The largest absolute Gasteiger partial charge is 0.508 e. The lowest BCUT2D eigenvalue weighted by Crippen LogP contribution is -2.54. The van der Waals surface area contributed by atoms with Gasteiger partial charge < -0.3 is 31.6 Å². The van der Waals surface area contributed by atoms with Crippen LogP contribution in [0.15, 0.2) is 54.6 Å². The summed E-state index contributed by atoms with van der Waals surface area (Å²) in [6, 6.07) is 13.7. The molecule has 0 saturated carbocycles. The Morgan fingerprint density at radius 2 is 1.67 bits per heavy atom. The first kappa shape index (κ1) is 25.5. The maximum absolute atomic E-state index is 12.3. The molecule has 2 aromatic carbocycles. The third kappa shape index (κ3) is 8.38. The quantitative estimate of drug-likeness (QED) is 0.306. The number of carbonyl (C=O) groups is 4. The maximum Gasteiger partial charge on any atom is 0.242 e. The molecule has 6 N–H and O–H groups in total. The van der Waals surface area contributed by atoms with Gasteiger partial charge in [-0.15, -0.1) is 0 Å². The Morgan fingerprint density at radius 3 is 2.27 bits per heavy atom. The number of phenolic OH excluding ortho intramolecular Hbond substituents is 1. The fourth-order valence-corrected chi connectivity index (χ4v) is 3.18. The van der Waals surface area contributed by atoms with E-state index in [1.54, 1.807) is 19.1 Å². The minimum absolute atomic E-state index is 0.111. The second-order valence-corrected chi connectivity index (χ2v) is 8.17. The Balaban J connectivity index is 1.79. The number of aldehydes is 1. The molecule has 3 amide bonds. The Labute approximate surface area is 192 Å². The number of hydrogen-bond acceptors (Lipinski definition) is 6. The van der Waals surface area contributed by atoms with E-state index in [0.29, 0.717) is 12.7 Å². The van der Waals surface area contributed by atoms with Gasteiger partial charge in [0.05, 0.1) is 18.1 Å². The van der Waals surface area contributed by atoms with Crippen LogP contribution in [0.25, 0.3) is 0 Å². The van der Waals surface area contributed by atoms with Crippen molar-refractivity contribution in [1.82, 2.24) is 16.0 Å². The van der Waals surface area contributed by atoms with E-state index >= 15 is 0 Å². The van der Waals surface area contributed by atoms with Crippen LogP contribution < -0.4 is 21.7 Å². The minimum Gasteiger partial charge on any atom is -0.508 e. The smallest absolute Gasteiger partial charge is 0.242 e. The average Bonchev–Trinajstić information content (AvgIpc) is 2.79.